The average Bonchev–Trinajstić information content (AvgIpc) is 3.04. The molecule has 2 unspecified atom stereocenters. The number of hydrogen-bond donors (Lipinski definition) is 1. The number of carbonyl (C=O) groups excluding carboxylic acids is 1. The van der Waals surface area contributed by atoms with Crippen molar-refractivity contribution in [3.05, 3.63) is 29.3 Å². The predicted molar refractivity (Wildman–Crippen MR) is 85.6 cm³/mol. The van der Waals surface area contributed by atoms with Crippen molar-refractivity contribution in [2.24, 2.45) is 11.1 Å². The van der Waals surface area contributed by atoms with Crippen molar-refractivity contribution in [1.29, 1.82) is 0 Å². The molecule has 4 nitrogen and oxygen atoms in total. The van der Waals surface area contributed by atoms with Crippen molar-refractivity contribution in [3.63, 3.8) is 0 Å². The normalized spacial score (nSPS) is 30.3. The molecule has 3 rings (SSSR count). The lowest BCUT2D eigenvalue weighted by Gasteiger charge is -2.26. The lowest BCUT2D eigenvalue weighted by atomic mass is 9.90. The molecular weight excluding hydrogens is 286 g/mol. The third kappa shape index (κ3) is 2.80. The molecule has 1 aromatic rings. The number of hydrogen-bond acceptors (Lipinski definition) is 3. The van der Waals surface area contributed by atoms with E-state index in [4.69, 9.17) is 17.3 Å². The van der Waals surface area contributed by atoms with E-state index < -0.39 is 0 Å². The summed E-state index contributed by atoms with van der Waals surface area (Å²) in [6, 6.07) is 7.50. The van der Waals surface area contributed by atoms with Crippen LogP contribution in [-0.2, 0) is 4.79 Å². The second kappa shape index (κ2) is 5.59. The maximum absolute atomic E-state index is 12.7. The molecule has 2 atom stereocenters. The monoisotopic (exact) mass is 307 g/mol. The van der Waals surface area contributed by atoms with Crippen molar-refractivity contribution in [2.75, 3.05) is 31.1 Å². The van der Waals surface area contributed by atoms with Crippen LogP contribution in [0.15, 0.2) is 24.3 Å². The van der Waals surface area contributed by atoms with Crippen LogP contribution in [0.2, 0.25) is 5.02 Å². The summed E-state index contributed by atoms with van der Waals surface area (Å²) in [6.07, 6.45) is 1.97. The highest BCUT2D eigenvalue weighted by molar-refractivity contribution is 6.30. The Labute approximate surface area is 130 Å². The van der Waals surface area contributed by atoms with Gasteiger partial charge in [-0.25, -0.2) is 0 Å². The first-order chi connectivity index (χ1) is 10.0. The van der Waals surface area contributed by atoms with Crippen molar-refractivity contribution >= 4 is 23.2 Å². The van der Waals surface area contributed by atoms with Crippen LogP contribution in [0.25, 0.3) is 0 Å². The van der Waals surface area contributed by atoms with Crippen LogP contribution in [-0.4, -0.2) is 43.0 Å². The first-order valence-corrected chi connectivity index (χ1v) is 7.91. The minimum absolute atomic E-state index is 0.00838. The summed E-state index contributed by atoms with van der Waals surface area (Å²) in [5.41, 5.74) is 6.96. The number of likely N-dealkylation sites (tertiary alicyclic amines) is 1. The van der Waals surface area contributed by atoms with E-state index in [1.165, 1.54) is 0 Å². The van der Waals surface area contributed by atoms with Crippen LogP contribution in [0.4, 0.5) is 5.69 Å². The average molecular weight is 308 g/mol. The molecule has 1 amide bonds. The fraction of sp³-hybridized carbons (Fsp3) is 0.562. The van der Waals surface area contributed by atoms with E-state index in [0.717, 1.165) is 38.2 Å². The Balaban J connectivity index is 1.71. The number of benzene rings is 1. The van der Waals surface area contributed by atoms with E-state index in [-0.39, 0.29) is 17.4 Å². The Bertz CT molecular complexity index is 533. The maximum atomic E-state index is 12.7. The van der Waals surface area contributed by atoms with Gasteiger partial charge in [-0.3, -0.25) is 9.69 Å². The molecule has 0 aromatic heterocycles. The second-order valence-corrected chi connectivity index (χ2v) is 6.94. The van der Waals surface area contributed by atoms with Gasteiger partial charge in [0.25, 0.3) is 0 Å². The Kier molecular flexibility index (Phi) is 3.95. The van der Waals surface area contributed by atoms with Crippen LogP contribution >= 0.6 is 11.6 Å². The van der Waals surface area contributed by atoms with Gasteiger partial charge >= 0.3 is 0 Å². The van der Waals surface area contributed by atoms with Crippen LogP contribution in [0.3, 0.4) is 0 Å². The Hall–Kier alpha value is -1.10. The minimum Gasteiger partial charge on any atom is -0.330 e. The summed E-state index contributed by atoms with van der Waals surface area (Å²) >= 11 is 5.91. The highest BCUT2D eigenvalue weighted by atomic mass is 35.5. The molecule has 1 aromatic carbocycles. The highest BCUT2D eigenvalue weighted by Gasteiger charge is 2.42. The summed E-state index contributed by atoms with van der Waals surface area (Å²) in [6.45, 7) is 5.57. The fourth-order valence-electron chi connectivity index (χ4n) is 3.38. The van der Waals surface area contributed by atoms with E-state index in [1.54, 1.807) is 0 Å². The summed E-state index contributed by atoms with van der Waals surface area (Å²) in [5.74, 6) is 0.207. The van der Waals surface area contributed by atoms with Gasteiger partial charge in [-0.1, -0.05) is 18.5 Å². The van der Waals surface area contributed by atoms with Crippen molar-refractivity contribution in [1.82, 2.24) is 4.90 Å². The Morgan fingerprint density at radius 3 is 2.67 bits per heavy atom. The molecule has 2 N–H and O–H groups in total. The number of halogens is 1. The SMILES string of the molecule is CC1(CN)CCN(C2CCN(c3ccc(Cl)cc3)C2=O)C1. The molecule has 0 bridgehead atoms. The number of rotatable bonds is 3. The standard InChI is InChI=1S/C16H22ClN3O/c1-16(10-18)7-9-19(11-16)14-6-8-20(15(14)21)13-4-2-12(17)3-5-13/h2-5,14H,6-11,18H2,1H3. The molecule has 5 heteroatoms. The van der Waals surface area contributed by atoms with Gasteiger partial charge in [0.05, 0.1) is 6.04 Å². The Morgan fingerprint density at radius 2 is 2.05 bits per heavy atom. The van der Waals surface area contributed by atoms with Gasteiger partial charge in [-0.15, -0.1) is 0 Å². The summed E-state index contributed by atoms with van der Waals surface area (Å²) in [5, 5.41) is 0.695. The summed E-state index contributed by atoms with van der Waals surface area (Å²) in [4.78, 5) is 16.9. The molecule has 0 saturated carbocycles. The highest BCUT2D eigenvalue weighted by Crippen LogP contribution is 2.33. The lowest BCUT2D eigenvalue weighted by Crippen LogP contribution is -2.42. The first-order valence-electron chi connectivity index (χ1n) is 7.53. The van der Waals surface area contributed by atoms with Crippen molar-refractivity contribution < 1.29 is 4.79 Å². The number of nitrogens with two attached hydrogens (primary N) is 1. The molecule has 114 valence electrons. The molecular formula is C16H22ClN3O. The van der Waals surface area contributed by atoms with Gasteiger partial charge in [-0.2, -0.15) is 0 Å². The topological polar surface area (TPSA) is 49.6 Å². The summed E-state index contributed by atoms with van der Waals surface area (Å²) < 4.78 is 0. The van der Waals surface area contributed by atoms with E-state index in [0.29, 0.717) is 11.6 Å². The molecule has 0 aliphatic carbocycles. The van der Waals surface area contributed by atoms with E-state index >= 15 is 0 Å². The van der Waals surface area contributed by atoms with Crippen LogP contribution in [0.5, 0.6) is 0 Å². The third-order valence-corrected chi connectivity index (χ3v) is 5.09. The van der Waals surface area contributed by atoms with E-state index in [9.17, 15) is 4.79 Å². The molecule has 0 spiro atoms. The van der Waals surface area contributed by atoms with Gasteiger partial charge in [0.2, 0.25) is 5.91 Å². The molecule has 2 aliphatic rings. The molecule has 2 aliphatic heterocycles. The quantitative estimate of drug-likeness (QED) is 0.930. The predicted octanol–water partition coefficient (Wildman–Crippen LogP) is 2.12. The first kappa shape index (κ1) is 14.8. The maximum Gasteiger partial charge on any atom is 0.244 e. The van der Waals surface area contributed by atoms with Gasteiger partial charge in [0.15, 0.2) is 0 Å². The van der Waals surface area contributed by atoms with Crippen molar-refractivity contribution in [3.8, 4) is 0 Å². The lowest BCUT2D eigenvalue weighted by molar-refractivity contribution is -0.121. The zero-order valence-electron chi connectivity index (χ0n) is 12.4. The van der Waals surface area contributed by atoms with Crippen LogP contribution in [0, 0.1) is 5.41 Å². The van der Waals surface area contributed by atoms with Gasteiger partial charge in [0, 0.05) is 23.8 Å². The van der Waals surface area contributed by atoms with Gasteiger partial charge in [0.1, 0.15) is 0 Å². The fourth-order valence-corrected chi connectivity index (χ4v) is 3.50. The minimum atomic E-state index is 0.00838. The largest absolute Gasteiger partial charge is 0.330 e. The zero-order valence-corrected chi connectivity index (χ0v) is 13.1. The molecule has 2 heterocycles. The number of anilines is 1. The smallest absolute Gasteiger partial charge is 0.244 e. The van der Waals surface area contributed by atoms with Gasteiger partial charge < -0.3 is 10.6 Å². The van der Waals surface area contributed by atoms with Crippen molar-refractivity contribution in [2.45, 2.75) is 25.8 Å². The molecule has 2 fully saturated rings. The molecule has 21 heavy (non-hydrogen) atoms. The van der Waals surface area contributed by atoms with E-state index in [2.05, 4.69) is 11.8 Å². The summed E-state index contributed by atoms with van der Waals surface area (Å²) in [7, 11) is 0. The van der Waals surface area contributed by atoms with Crippen LogP contribution < -0.4 is 10.6 Å². The number of nitrogens with zero attached hydrogens (tertiary/aromatic N) is 2. The molecule has 2 saturated heterocycles. The number of amides is 1. The Morgan fingerprint density at radius 1 is 1.33 bits per heavy atom. The van der Waals surface area contributed by atoms with Gasteiger partial charge in [-0.05, 0) is 55.6 Å². The number of carbonyl (C=O) groups is 1. The zero-order chi connectivity index (χ0) is 15.0. The second-order valence-electron chi connectivity index (χ2n) is 6.51. The van der Waals surface area contributed by atoms with E-state index in [1.807, 2.05) is 29.2 Å². The molecule has 0 radical (unpaired) electrons. The third-order valence-electron chi connectivity index (χ3n) is 4.84. The van der Waals surface area contributed by atoms with Crippen LogP contribution in [0.1, 0.15) is 19.8 Å².